The summed E-state index contributed by atoms with van der Waals surface area (Å²) in [4.78, 5) is 59.3. The molecule has 3 atom stereocenters. The molecular formula is C32H21F3N4O4S2. The molecule has 2 aliphatic rings. The van der Waals surface area contributed by atoms with Crippen LogP contribution in [0.15, 0.2) is 101 Å². The van der Waals surface area contributed by atoms with Crippen LogP contribution in [0.25, 0.3) is 10.8 Å². The molecule has 0 bridgehead atoms. The van der Waals surface area contributed by atoms with Gasteiger partial charge in [-0.25, -0.2) is 4.90 Å². The maximum atomic E-state index is 13.9. The molecule has 3 aromatic carbocycles. The summed E-state index contributed by atoms with van der Waals surface area (Å²) in [6, 6.07) is 20.6. The van der Waals surface area contributed by atoms with Crippen LogP contribution in [0, 0.1) is 5.92 Å². The highest BCUT2D eigenvalue weighted by Gasteiger charge is 2.57. The highest BCUT2D eigenvalue weighted by atomic mass is 32.2. The van der Waals surface area contributed by atoms with Crippen LogP contribution in [-0.4, -0.2) is 32.5 Å². The number of nitrogens with zero attached hydrogens (tertiary/aromatic N) is 3. The number of hydrogen-bond donors (Lipinski definition) is 1. The third kappa shape index (κ3) is 5.11. The molecule has 0 spiro atoms. The molecule has 7 rings (SSSR count). The summed E-state index contributed by atoms with van der Waals surface area (Å²) in [5.74, 6) is -3.62. The SMILES string of the molecule is O=C(Cn1c2c(sc1=O)C(c1cccnc1)C1C(=O)N(c3cccc(C(F)(F)F)c3)C(=O)C1S2)Nc1ccc2ccccc2c1. The average molecular weight is 647 g/mol. The molecule has 0 saturated carbocycles. The van der Waals surface area contributed by atoms with E-state index in [0.29, 0.717) is 21.2 Å². The van der Waals surface area contributed by atoms with Gasteiger partial charge in [0.2, 0.25) is 17.7 Å². The lowest BCUT2D eigenvalue weighted by Crippen LogP contribution is -2.33. The lowest BCUT2D eigenvalue weighted by atomic mass is 9.84. The molecule has 226 valence electrons. The molecule has 8 nitrogen and oxygen atoms in total. The molecule has 45 heavy (non-hydrogen) atoms. The average Bonchev–Trinajstić information content (AvgIpc) is 3.47. The van der Waals surface area contributed by atoms with Crippen LogP contribution >= 0.6 is 23.1 Å². The van der Waals surface area contributed by atoms with Gasteiger partial charge in [-0.1, -0.05) is 65.6 Å². The van der Waals surface area contributed by atoms with Crippen LogP contribution in [0.2, 0.25) is 0 Å². The van der Waals surface area contributed by atoms with E-state index in [1.165, 1.54) is 16.8 Å². The van der Waals surface area contributed by atoms with E-state index in [1.54, 1.807) is 24.4 Å². The van der Waals surface area contributed by atoms with Crippen LogP contribution in [0.5, 0.6) is 0 Å². The lowest BCUT2D eigenvalue weighted by molar-refractivity contribution is -0.137. The van der Waals surface area contributed by atoms with Crippen LogP contribution in [0.1, 0.15) is 21.9 Å². The van der Waals surface area contributed by atoms with E-state index < -0.39 is 51.4 Å². The topological polar surface area (TPSA) is 101 Å². The second-order valence-corrected chi connectivity index (χ2v) is 12.7. The quantitative estimate of drug-likeness (QED) is 0.238. The predicted molar refractivity (Wildman–Crippen MR) is 164 cm³/mol. The molecule has 5 aromatic rings. The van der Waals surface area contributed by atoms with E-state index in [-0.39, 0.29) is 12.2 Å². The van der Waals surface area contributed by atoms with E-state index in [1.807, 2.05) is 36.4 Å². The number of hydrogen-bond acceptors (Lipinski definition) is 7. The zero-order valence-corrected chi connectivity index (χ0v) is 24.7. The number of anilines is 2. The van der Waals surface area contributed by atoms with E-state index in [0.717, 1.165) is 57.0 Å². The van der Waals surface area contributed by atoms with Crippen molar-refractivity contribution in [3.8, 4) is 0 Å². The monoisotopic (exact) mass is 646 g/mol. The van der Waals surface area contributed by atoms with Gasteiger partial charge in [0.05, 0.1) is 22.2 Å². The normalized spacial score (nSPS) is 19.4. The molecular weight excluding hydrogens is 626 g/mol. The second kappa shape index (κ2) is 11.0. The van der Waals surface area contributed by atoms with Crippen molar-refractivity contribution >= 4 is 63.0 Å². The Kier molecular flexibility index (Phi) is 7.09. The fourth-order valence-corrected chi connectivity index (χ4v) is 8.63. The molecule has 2 aliphatic heterocycles. The summed E-state index contributed by atoms with van der Waals surface area (Å²) >= 11 is 1.86. The van der Waals surface area contributed by atoms with Crippen molar-refractivity contribution in [3.05, 3.63) is 117 Å². The van der Waals surface area contributed by atoms with Crippen molar-refractivity contribution in [1.29, 1.82) is 0 Å². The van der Waals surface area contributed by atoms with Gasteiger partial charge in [-0.15, -0.1) is 0 Å². The molecule has 0 radical (unpaired) electrons. The Morgan fingerprint density at radius 1 is 0.911 bits per heavy atom. The molecule has 13 heteroatoms. The summed E-state index contributed by atoms with van der Waals surface area (Å²) < 4.78 is 41.8. The largest absolute Gasteiger partial charge is 0.416 e. The molecule has 1 saturated heterocycles. The smallest absolute Gasteiger partial charge is 0.325 e. The first-order valence-corrected chi connectivity index (χ1v) is 15.4. The molecule has 2 aromatic heterocycles. The summed E-state index contributed by atoms with van der Waals surface area (Å²) in [6.45, 7) is -0.346. The van der Waals surface area contributed by atoms with Gasteiger partial charge in [-0.05, 0) is 52.7 Å². The first-order chi connectivity index (χ1) is 21.6. The van der Waals surface area contributed by atoms with Crippen LogP contribution in [0.4, 0.5) is 24.5 Å². The second-order valence-electron chi connectivity index (χ2n) is 10.6. The maximum absolute atomic E-state index is 13.9. The number of aromatic nitrogens is 2. The number of imide groups is 1. The van der Waals surface area contributed by atoms with Gasteiger partial charge in [-0.3, -0.25) is 28.7 Å². The maximum Gasteiger partial charge on any atom is 0.416 e. The number of carbonyl (C=O) groups is 3. The molecule has 4 heterocycles. The Balaban J connectivity index is 1.25. The number of fused-ring (bicyclic) bond motifs is 3. The minimum absolute atomic E-state index is 0.185. The summed E-state index contributed by atoms with van der Waals surface area (Å²) in [6.07, 6.45) is -1.59. The Morgan fingerprint density at radius 3 is 2.47 bits per heavy atom. The number of pyridine rings is 1. The van der Waals surface area contributed by atoms with Gasteiger partial charge in [0.15, 0.2) is 0 Å². The number of halogens is 3. The predicted octanol–water partition coefficient (Wildman–Crippen LogP) is 5.91. The lowest BCUT2D eigenvalue weighted by Gasteiger charge is -2.30. The van der Waals surface area contributed by atoms with Crippen LogP contribution in [0.3, 0.4) is 0 Å². The third-order valence-corrected chi connectivity index (χ3v) is 10.5. The zero-order valence-electron chi connectivity index (χ0n) is 23.0. The summed E-state index contributed by atoms with van der Waals surface area (Å²) in [5.41, 5.74) is -0.0622. The van der Waals surface area contributed by atoms with E-state index in [4.69, 9.17) is 0 Å². The van der Waals surface area contributed by atoms with Crippen LogP contribution in [-0.2, 0) is 27.1 Å². The van der Waals surface area contributed by atoms with Crippen molar-refractivity contribution in [1.82, 2.24) is 9.55 Å². The standard InChI is InChI=1S/C32H21F3N4O4S2/c33-32(34,35)20-8-3-9-22(14-20)39-28(41)25-24(19-7-4-12-36-15-19)27-30(44-26(25)29(39)42)38(31(43)45-27)16-23(40)37-21-11-10-17-5-1-2-6-18(17)13-21/h1-15,24-26H,16H2,(H,37,40). The Bertz CT molecular complexity index is 2060. The fraction of sp³-hybridized carbons (Fsp3) is 0.156. The zero-order chi connectivity index (χ0) is 31.5. The highest BCUT2D eigenvalue weighted by Crippen LogP contribution is 2.54. The Hall–Kier alpha value is -4.75. The molecule has 1 fully saturated rings. The molecule has 0 aliphatic carbocycles. The minimum Gasteiger partial charge on any atom is -0.325 e. The first-order valence-electron chi connectivity index (χ1n) is 13.7. The number of thiazole rings is 1. The van der Waals surface area contributed by atoms with Gasteiger partial charge in [-0.2, -0.15) is 13.2 Å². The highest BCUT2D eigenvalue weighted by molar-refractivity contribution is 8.00. The number of alkyl halides is 3. The first kappa shape index (κ1) is 29.0. The molecule has 3 unspecified atom stereocenters. The number of rotatable bonds is 5. The van der Waals surface area contributed by atoms with Crippen molar-refractivity contribution in [2.75, 3.05) is 10.2 Å². The van der Waals surface area contributed by atoms with Gasteiger partial charge >= 0.3 is 11.0 Å². The van der Waals surface area contributed by atoms with Gasteiger partial charge in [0.1, 0.15) is 11.8 Å². The van der Waals surface area contributed by atoms with Crippen molar-refractivity contribution < 1.29 is 27.6 Å². The van der Waals surface area contributed by atoms with E-state index in [9.17, 15) is 32.3 Å². The summed E-state index contributed by atoms with van der Waals surface area (Å²) in [5, 5.41) is 4.06. The van der Waals surface area contributed by atoms with Crippen LogP contribution < -0.4 is 15.1 Å². The summed E-state index contributed by atoms with van der Waals surface area (Å²) in [7, 11) is 0. The number of amides is 3. The Labute approximate surface area is 261 Å². The molecule has 1 N–H and O–H groups in total. The van der Waals surface area contributed by atoms with Crippen molar-refractivity contribution in [2.24, 2.45) is 5.92 Å². The van der Waals surface area contributed by atoms with Crippen molar-refractivity contribution in [3.63, 3.8) is 0 Å². The fourth-order valence-electron chi connectivity index (χ4n) is 5.86. The van der Waals surface area contributed by atoms with Gasteiger partial charge in [0.25, 0.3) is 0 Å². The number of nitrogens with one attached hydrogen (secondary N) is 1. The minimum atomic E-state index is -4.67. The number of benzene rings is 3. The molecule has 3 amide bonds. The number of thioether (sulfide) groups is 1. The Morgan fingerprint density at radius 2 is 1.71 bits per heavy atom. The van der Waals surface area contributed by atoms with Gasteiger partial charge < -0.3 is 5.32 Å². The van der Waals surface area contributed by atoms with Gasteiger partial charge in [0, 0.05) is 28.9 Å². The van der Waals surface area contributed by atoms with Crippen molar-refractivity contribution in [2.45, 2.75) is 28.9 Å². The third-order valence-electron chi connectivity index (χ3n) is 7.86. The number of carbonyl (C=O) groups excluding carboxylic acids is 3. The van der Waals surface area contributed by atoms with E-state index in [2.05, 4.69) is 10.3 Å². The van der Waals surface area contributed by atoms with E-state index >= 15 is 0 Å².